The molecule has 90 heavy (non-hydrogen) atoms. The first-order chi connectivity index (χ1) is 44.4. The van der Waals surface area contributed by atoms with Crippen LogP contribution in [0.5, 0.6) is 0 Å². The lowest BCUT2D eigenvalue weighted by atomic mass is 9.80. The molecule has 8 nitrogen and oxygen atoms in total. The molecule has 12 aromatic carbocycles. The first-order valence-corrected chi connectivity index (χ1v) is 31.3. The third kappa shape index (κ3) is 12.1. The van der Waals surface area contributed by atoms with Gasteiger partial charge in [0.05, 0.1) is 0 Å². The topological polar surface area (TPSA) is 118 Å². The molecule has 12 heteroatoms. The standard InChI is InChI=1S/C39H25N3S.C21H14ClN3.C18H13BO2S/c1-4-12-26(13-5-1)31-18-10-20-33-34-21-11-19-32(36(34)43-35(31)33)27-22-24-30(25-23-27)39-41-37(28-14-6-2-7-15-28)40-38(42-39)29-16-8-3-9-17-29;22-18-13-11-17(12-14-18)21-24-19(15-7-3-1-4-8-15)23-20(25-21)16-9-5-2-6-10-16;20-19(21)16-11-5-10-15-14-9-4-8-13(17(14)22-18(15)16)12-6-2-1-3-7-12/h1-25H;1-14H;1-11,20-21H. The lowest BCUT2D eigenvalue weighted by molar-refractivity contribution is 0.426. The van der Waals surface area contributed by atoms with Crippen molar-refractivity contribution in [2.24, 2.45) is 0 Å². The summed E-state index contributed by atoms with van der Waals surface area (Å²) in [6, 6.07) is 102. The maximum Gasteiger partial charge on any atom is 0.489 e. The van der Waals surface area contributed by atoms with Gasteiger partial charge in [0, 0.05) is 73.4 Å². The van der Waals surface area contributed by atoms with Gasteiger partial charge >= 0.3 is 7.12 Å². The Morgan fingerprint density at radius 1 is 0.233 bits per heavy atom. The van der Waals surface area contributed by atoms with Crippen LogP contribution in [0.25, 0.3) is 142 Å². The first kappa shape index (κ1) is 57.1. The minimum atomic E-state index is -1.45. The Morgan fingerprint density at radius 3 is 0.778 bits per heavy atom. The van der Waals surface area contributed by atoms with Crippen molar-refractivity contribution < 1.29 is 10.0 Å². The Bertz CT molecular complexity index is 5030. The summed E-state index contributed by atoms with van der Waals surface area (Å²) in [5.74, 6) is 3.92. The van der Waals surface area contributed by atoms with Gasteiger partial charge in [0.15, 0.2) is 34.9 Å². The first-order valence-electron chi connectivity index (χ1n) is 29.3. The van der Waals surface area contributed by atoms with Crippen LogP contribution < -0.4 is 5.46 Å². The zero-order valence-corrected chi connectivity index (χ0v) is 50.6. The fourth-order valence-electron chi connectivity index (χ4n) is 11.1. The van der Waals surface area contributed by atoms with Gasteiger partial charge in [-0.3, -0.25) is 0 Å². The second-order valence-corrected chi connectivity index (χ2v) is 23.7. The van der Waals surface area contributed by atoms with Crippen molar-refractivity contribution in [1.29, 1.82) is 0 Å². The van der Waals surface area contributed by atoms with Crippen LogP contribution >= 0.6 is 34.3 Å². The number of hydrogen-bond acceptors (Lipinski definition) is 10. The average Bonchev–Trinajstić information content (AvgIpc) is 1.98. The number of thiophene rings is 2. The van der Waals surface area contributed by atoms with Crippen molar-refractivity contribution in [3.63, 3.8) is 0 Å². The molecule has 4 heterocycles. The van der Waals surface area contributed by atoms with E-state index in [1.807, 2.05) is 187 Å². The Morgan fingerprint density at radius 2 is 0.467 bits per heavy atom. The molecule has 2 N–H and O–H groups in total. The van der Waals surface area contributed by atoms with Crippen LogP contribution in [0.1, 0.15) is 0 Å². The van der Waals surface area contributed by atoms with Crippen LogP contribution in [0, 0.1) is 0 Å². The molecule has 0 radical (unpaired) electrons. The summed E-state index contributed by atoms with van der Waals surface area (Å²) in [5.41, 5.74) is 13.5. The highest BCUT2D eigenvalue weighted by atomic mass is 35.5. The number of rotatable bonds is 10. The van der Waals surface area contributed by atoms with Gasteiger partial charge in [0.1, 0.15) is 0 Å². The molecule has 0 atom stereocenters. The number of hydrogen-bond donors (Lipinski definition) is 2. The van der Waals surface area contributed by atoms with Gasteiger partial charge in [-0.25, -0.2) is 29.9 Å². The summed E-state index contributed by atoms with van der Waals surface area (Å²) in [4.78, 5) is 28.6. The predicted octanol–water partition coefficient (Wildman–Crippen LogP) is 19.5. The van der Waals surface area contributed by atoms with Crippen LogP contribution in [-0.2, 0) is 0 Å². The van der Waals surface area contributed by atoms with Gasteiger partial charge in [0.25, 0.3) is 0 Å². The van der Waals surface area contributed by atoms with Crippen molar-refractivity contribution >= 4 is 87.2 Å². The monoisotopic (exact) mass is 1210 g/mol. The highest BCUT2D eigenvalue weighted by Crippen LogP contribution is 2.44. The Kier molecular flexibility index (Phi) is 16.5. The smallest absolute Gasteiger partial charge is 0.423 e. The molecule has 16 aromatic rings. The number of fused-ring (bicyclic) bond motifs is 6. The van der Waals surface area contributed by atoms with E-state index in [0.29, 0.717) is 45.4 Å². The van der Waals surface area contributed by atoms with E-state index in [9.17, 15) is 10.0 Å². The minimum Gasteiger partial charge on any atom is -0.423 e. The molecule has 16 rings (SSSR count). The van der Waals surface area contributed by atoms with E-state index in [0.717, 1.165) is 48.9 Å². The lowest BCUT2D eigenvalue weighted by Crippen LogP contribution is -2.29. The van der Waals surface area contributed by atoms with Crippen molar-refractivity contribution in [1.82, 2.24) is 29.9 Å². The molecule has 0 bridgehead atoms. The number of nitrogens with zero attached hydrogens (tertiary/aromatic N) is 6. The maximum absolute atomic E-state index is 9.60. The molecule has 0 saturated carbocycles. The van der Waals surface area contributed by atoms with Gasteiger partial charge in [-0.15, -0.1) is 22.7 Å². The molecule has 0 fully saturated rings. The van der Waals surface area contributed by atoms with E-state index in [1.54, 1.807) is 17.4 Å². The highest BCUT2D eigenvalue weighted by Gasteiger charge is 2.20. The molecule has 0 saturated heterocycles. The predicted molar refractivity (Wildman–Crippen MR) is 376 cm³/mol. The summed E-state index contributed by atoms with van der Waals surface area (Å²) in [5, 5.41) is 24.7. The SMILES string of the molecule is Clc1ccc(-c2nc(-c3ccccc3)nc(-c3ccccc3)n2)cc1.OB(O)c1cccc2c1sc1c(-c3ccccc3)cccc12.c1ccc(-c2nc(-c3ccccc3)nc(-c3ccc(-c4cccc5c4sc4c(-c6ccccc6)cccc45)cc3)n2)cc1. The van der Waals surface area contributed by atoms with Crippen LogP contribution in [0.2, 0.25) is 5.02 Å². The van der Waals surface area contributed by atoms with Crippen molar-refractivity contribution in [3.8, 4) is 102 Å². The summed E-state index contributed by atoms with van der Waals surface area (Å²) in [6.07, 6.45) is 0. The second kappa shape index (κ2) is 26.0. The fraction of sp³-hybridized carbons (Fsp3) is 0. The van der Waals surface area contributed by atoms with Gasteiger partial charge in [-0.1, -0.05) is 291 Å². The Hall–Kier alpha value is -10.6. The average molecular weight is 1220 g/mol. The van der Waals surface area contributed by atoms with Gasteiger partial charge in [-0.2, -0.15) is 0 Å². The zero-order valence-electron chi connectivity index (χ0n) is 48.2. The maximum atomic E-state index is 9.60. The number of benzene rings is 12. The van der Waals surface area contributed by atoms with Crippen LogP contribution in [0.4, 0.5) is 0 Å². The van der Waals surface area contributed by atoms with Gasteiger partial charge in [0.2, 0.25) is 0 Å². The van der Waals surface area contributed by atoms with Crippen LogP contribution in [-0.4, -0.2) is 47.1 Å². The van der Waals surface area contributed by atoms with Crippen LogP contribution in [0.3, 0.4) is 0 Å². The summed E-state index contributed by atoms with van der Waals surface area (Å²) in [7, 11) is -1.45. The molecule has 0 aliphatic heterocycles. The zero-order chi connectivity index (χ0) is 60.8. The van der Waals surface area contributed by atoms with Gasteiger partial charge in [-0.05, 0) is 68.5 Å². The number of halogens is 1. The van der Waals surface area contributed by atoms with E-state index in [4.69, 9.17) is 26.6 Å². The fourth-order valence-corrected chi connectivity index (χ4v) is 13.9. The highest BCUT2D eigenvalue weighted by molar-refractivity contribution is 7.27. The Balaban J connectivity index is 0.000000128. The van der Waals surface area contributed by atoms with E-state index in [-0.39, 0.29) is 0 Å². The Labute approximate surface area is 533 Å². The molecule has 0 aliphatic carbocycles. The van der Waals surface area contributed by atoms with E-state index < -0.39 is 7.12 Å². The molecule has 0 spiro atoms. The van der Waals surface area contributed by atoms with E-state index in [2.05, 4.69) is 136 Å². The van der Waals surface area contributed by atoms with Crippen molar-refractivity contribution in [3.05, 3.63) is 308 Å². The molecule has 428 valence electrons. The number of aromatic nitrogens is 6. The van der Waals surface area contributed by atoms with Gasteiger partial charge < -0.3 is 10.0 Å². The third-order valence-electron chi connectivity index (χ3n) is 15.5. The molecule has 0 unspecified atom stereocenters. The summed E-state index contributed by atoms with van der Waals surface area (Å²) < 4.78 is 4.74. The van der Waals surface area contributed by atoms with Crippen molar-refractivity contribution in [2.45, 2.75) is 0 Å². The van der Waals surface area contributed by atoms with E-state index in [1.165, 1.54) is 58.3 Å². The second-order valence-electron chi connectivity index (χ2n) is 21.2. The lowest BCUT2D eigenvalue weighted by Gasteiger charge is -2.09. The molecular weight excluding hydrogens is 1160 g/mol. The van der Waals surface area contributed by atoms with Crippen molar-refractivity contribution in [2.75, 3.05) is 0 Å². The third-order valence-corrected chi connectivity index (χ3v) is 18.3. The minimum absolute atomic E-state index is 0.567. The molecule has 0 aliphatic rings. The van der Waals surface area contributed by atoms with E-state index >= 15 is 0 Å². The summed E-state index contributed by atoms with van der Waals surface area (Å²) >= 11 is 9.49. The molecule has 4 aromatic heterocycles. The van der Waals surface area contributed by atoms with Crippen LogP contribution in [0.15, 0.2) is 303 Å². The normalized spacial score (nSPS) is 11.1. The summed E-state index contributed by atoms with van der Waals surface area (Å²) in [6.45, 7) is 0. The molecule has 0 amide bonds. The largest absolute Gasteiger partial charge is 0.489 e. The quantitative estimate of drug-likeness (QED) is 0.130. The molecular formula is C78H52BClN6O2S2.